The monoisotopic (exact) mass is 332 g/mol. The Morgan fingerprint density at radius 3 is 2.62 bits per heavy atom. The number of aliphatic imine (C=N–C) groups is 1. The number of nitrogens with one attached hydrogen (secondary N) is 1. The fourth-order valence-electron chi connectivity index (χ4n) is 3.11. The number of guanidine groups is 1. The number of ether oxygens (including phenoxy) is 1. The quantitative estimate of drug-likeness (QED) is 0.587. The molecule has 1 aliphatic carbocycles. The van der Waals surface area contributed by atoms with Gasteiger partial charge in [0.1, 0.15) is 5.75 Å². The van der Waals surface area contributed by atoms with Gasteiger partial charge in [0.05, 0.1) is 7.11 Å². The first-order valence-corrected chi connectivity index (χ1v) is 8.86. The Balaban J connectivity index is 1.86. The molecular formula is C19H32N4O. The van der Waals surface area contributed by atoms with Crippen molar-refractivity contribution < 1.29 is 4.74 Å². The van der Waals surface area contributed by atoms with Crippen LogP contribution in [0.15, 0.2) is 29.3 Å². The highest BCUT2D eigenvalue weighted by Crippen LogP contribution is 2.28. The Bertz CT molecular complexity index is 538. The highest BCUT2D eigenvalue weighted by Gasteiger charge is 2.30. The highest BCUT2D eigenvalue weighted by atomic mass is 16.5. The lowest BCUT2D eigenvalue weighted by atomic mass is 10.2. The van der Waals surface area contributed by atoms with Crippen molar-refractivity contribution in [2.75, 3.05) is 34.3 Å². The summed E-state index contributed by atoms with van der Waals surface area (Å²) in [6.45, 7) is 7.30. The van der Waals surface area contributed by atoms with Crippen molar-refractivity contribution in [3.63, 3.8) is 0 Å². The smallest absolute Gasteiger partial charge is 0.193 e. The lowest BCUT2D eigenvalue weighted by Crippen LogP contribution is -2.44. The van der Waals surface area contributed by atoms with Crippen LogP contribution in [0.3, 0.4) is 0 Å². The van der Waals surface area contributed by atoms with Crippen molar-refractivity contribution in [3.8, 4) is 5.75 Å². The van der Waals surface area contributed by atoms with Crippen LogP contribution in [-0.2, 0) is 6.54 Å². The highest BCUT2D eigenvalue weighted by molar-refractivity contribution is 5.79. The fraction of sp³-hybridized carbons (Fsp3) is 0.632. The Morgan fingerprint density at radius 2 is 2.04 bits per heavy atom. The van der Waals surface area contributed by atoms with E-state index >= 15 is 0 Å². The number of methoxy groups -OCH3 is 1. The van der Waals surface area contributed by atoms with Gasteiger partial charge in [-0.1, -0.05) is 18.2 Å². The molecular weight excluding hydrogens is 300 g/mol. The van der Waals surface area contributed by atoms with Crippen LogP contribution in [0.4, 0.5) is 0 Å². The molecule has 1 fully saturated rings. The van der Waals surface area contributed by atoms with E-state index < -0.39 is 0 Å². The molecule has 24 heavy (non-hydrogen) atoms. The van der Waals surface area contributed by atoms with E-state index in [9.17, 15) is 0 Å². The van der Waals surface area contributed by atoms with E-state index in [4.69, 9.17) is 4.74 Å². The van der Waals surface area contributed by atoms with Crippen LogP contribution in [0.2, 0.25) is 0 Å². The number of hydrogen-bond donors (Lipinski definition) is 1. The minimum atomic E-state index is 0.604. The SMILES string of the molecule is CN=C(NCCN(C(C)C)C1CC1)N(C)Cc1ccccc1OC. The van der Waals surface area contributed by atoms with Crippen molar-refractivity contribution in [2.45, 2.75) is 45.3 Å². The standard InChI is InChI=1S/C19H32N4O/c1-15(2)23(17-10-11-17)13-12-21-19(20-3)22(4)14-16-8-6-7-9-18(16)24-5/h6-9,15,17H,10-14H2,1-5H3,(H,20,21). The molecule has 0 unspecified atom stereocenters. The second kappa shape index (κ2) is 8.92. The van der Waals surface area contributed by atoms with Gasteiger partial charge in [0.2, 0.25) is 0 Å². The Kier molecular flexibility index (Phi) is 6.91. The van der Waals surface area contributed by atoms with Gasteiger partial charge in [-0.05, 0) is 32.8 Å². The summed E-state index contributed by atoms with van der Waals surface area (Å²) in [4.78, 5) is 9.13. The van der Waals surface area contributed by atoms with Gasteiger partial charge in [-0.2, -0.15) is 0 Å². The third-order valence-electron chi connectivity index (χ3n) is 4.51. The van der Waals surface area contributed by atoms with E-state index in [2.05, 4.69) is 47.1 Å². The average molecular weight is 332 g/mol. The van der Waals surface area contributed by atoms with E-state index in [-0.39, 0.29) is 0 Å². The largest absolute Gasteiger partial charge is 0.496 e. The van der Waals surface area contributed by atoms with E-state index in [1.165, 1.54) is 12.8 Å². The first-order chi connectivity index (χ1) is 11.6. The number of rotatable bonds is 8. The zero-order valence-corrected chi connectivity index (χ0v) is 15.7. The molecule has 0 atom stereocenters. The molecule has 5 heteroatoms. The molecule has 0 saturated heterocycles. The molecule has 5 nitrogen and oxygen atoms in total. The van der Waals surface area contributed by atoms with Gasteiger partial charge in [0.25, 0.3) is 0 Å². The summed E-state index contributed by atoms with van der Waals surface area (Å²) in [5.41, 5.74) is 1.16. The number of para-hydroxylation sites is 1. The van der Waals surface area contributed by atoms with Crippen LogP contribution >= 0.6 is 0 Å². The van der Waals surface area contributed by atoms with Crippen molar-refractivity contribution >= 4 is 5.96 Å². The van der Waals surface area contributed by atoms with Crippen LogP contribution in [-0.4, -0.2) is 62.1 Å². The minimum Gasteiger partial charge on any atom is -0.496 e. The zero-order valence-electron chi connectivity index (χ0n) is 15.7. The van der Waals surface area contributed by atoms with Gasteiger partial charge in [-0.3, -0.25) is 9.89 Å². The molecule has 0 heterocycles. The summed E-state index contributed by atoms with van der Waals surface area (Å²) < 4.78 is 5.44. The summed E-state index contributed by atoms with van der Waals surface area (Å²) in [6.07, 6.45) is 2.70. The fourth-order valence-corrected chi connectivity index (χ4v) is 3.11. The number of benzene rings is 1. The molecule has 0 aromatic heterocycles. The van der Waals surface area contributed by atoms with E-state index in [0.717, 1.165) is 42.9 Å². The molecule has 1 saturated carbocycles. The molecule has 2 rings (SSSR count). The second-order valence-electron chi connectivity index (χ2n) is 6.70. The average Bonchev–Trinajstić information content (AvgIpc) is 3.39. The van der Waals surface area contributed by atoms with Crippen LogP contribution in [0, 0.1) is 0 Å². The summed E-state index contributed by atoms with van der Waals surface area (Å²) in [5, 5.41) is 3.49. The molecule has 0 spiro atoms. The second-order valence-corrected chi connectivity index (χ2v) is 6.70. The Morgan fingerprint density at radius 1 is 1.33 bits per heavy atom. The van der Waals surface area contributed by atoms with Crippen LogP contribution < -0.4 is 10.1 Å². The van der Waals surface area contributed by atoms with Crippen molar-refractivity contribution in [1.29, 1.82) is 0 Å². The minimum absolute atomic E-state index is 0.604. The van der Waals surface area contributed by atoms with Crippen LogP contribution in [0.5, 0.6) is 5.75 Å². The molecule has 0 amide bonds. The summed E-state index contributed by atoms with van der Waals surface area (Å²) >= 11 is 0. The van der Waals surface area contributed by atoms with Gasteiger partial charge in [0, 0.05) is 51.4 Å². The number of nitrogens with zero attached hydrogens (tertiary/aromatic N) is 3. The molecule has 134 valence electrons. The van der Waals surface area contributed by atoms with Crippen molar-refractivity contribution in [3.05, 3.63) is 29.8 Å². The first-order valence-electron chi connectivity index (χ1n) is 8.86. The molecule has 0 radical (unpaired) electrons. The van der Waals surface area contributed by atoms with Crippen molar-refractivity contribution in [2.24, 2.45) is 4.99 Å². The first kappa shape index (κ1) is 18.6. The third-order valence-corrected chi connectivity index (χ3v) is 4.51. The normalized spacial score (nSPS) is 15.0. The van der Waals surface area contributed by atoms with E-state index in [1.807, 2.05) is 25.2 Å². The predicted molar refractivity (Wildman–Crippen MR) is 101 cm³/mol. The van der Waals surface area contributed by atoms with Crippen molar-refractivity contribution in [1.82, 2.24) is 15.1 Å². The molecule has 1 aromatic rings. The third kappa shape index (κ3) is 5.13. The van der Waals surface area contributed by atoms with E-state index in [1.54, 1.807) is 7.11 Å². The predicted octanol–water partition coefficient (Wildman–Crippen LogP) is 2.58. The van der Waals surface area contributed by atoms with Crippen LogP contribution in [0.1, 0.15) is 32.3 Å². The Labute approximate surface area is 146 Å². The molecule has 0 aliphatic heterocycles. The summed E-state index contributed by atoms with van der Waals surface area (Å²) in [6, 6.07) is 9.52. The zero-order chi connectivity index (χ0) is 17.5. The molecule has 1 N–H and O–H groups in total. The van der Waals surface area contributed by atoms with Gasteiger partial charge in [0.15, 0.2) is 5.96 Å². The molecule has 0 bridgehead atoms. The Hall–Kier alpha value is -1.75. The van der Waals surface area contributed by atoms with Gasteiger partial charge < -0.3 is 15.0 Å². The summed E-state index contributed by atoms with van der Waals surface area (Å²) in [5.74, 6) is 1.83. The maximum Gasteiger partial charge on any atom is 0.193 e. The van der Waals surface area contributed by atoms with Gasteiger partial charge >= 0.3 is 0 Å². The molecule has 1 aliphatic rings. The lowest BCUT2D eigenvalue weighted by molar-refractivity contribution is 0.214. The van der Waals surface area contributed by atoms with Gasteiger partial charge in [-0.25, -0.2) is 0 Å². The summed E-state index contributed by atoms with van der Waals surface area (Å²) in [7, 11) is 5.61. The number of hydrogen-bond acceptors (Lipinski definition) is 3. The lowest BCUT2D eigenvalue weighted by Gasteiger charge is -2.28. The molecule has 1 aromatic carbocycles. The van der Waals surface area contributed by atoms with Crippen LogP contribution in [0.25, 0.3) is 0 Å². The maximum absolute atomic E-state index is 5.44. The maximum atomic E-state index is 5.44. The topological polar surface area (TPSA) is 40.1 Å². The van der Waals surface area contributed by atoms with E-state index in [0.29, 0.717) is 6.04 Å². The van der Waals surface area contributed by atoms with Gasteiger partial charge in [-0.15, -0.1) is 0 Å².